The fraction of sp³-hybridized carbons (Fsp3) is 0.0417. The molecule has 0 atom stereocenters. The fourth-order valence-corrected chi connectivity index (χ4v) is 3.38. The van der Waals surface area contributed by atoms with Gasteiger partial charge in [0.2, 0.25) is 0 Å². The number of nitrogens with one attached hydrogen (secondary N) is 1. The molecule has 160 valence electrons. The number of para-hydroxylation sites is 1. The maximum absolute atomic E-state index is 13.3. The normalized spacial score (nSPS) is 15.1. The van der Waals surface area contributed by atoms with Crippen LogP contribution in [0.4, 0.5) is 14.9 Å². The molecule has 1 aliphatic rings. The van der Waals surface area contributed by atoms with Crippen LogP contribution < -0.4 is 15.0 Å². The van der Waals surface area contributed by atoms with E-state index in [4.69, 9.17) is 16.3 Å². The van der Waals surface area contributed by atoms with Gasteiger partial charge in [-0.3, -0.25) is 14.9 Å². The summed E-state index contributed by atoms with van der Waals surface area (Å²) in [6.45, 7) is 0.145. The summed E-state index contributed by atoms with van der Waals surface area (Å²) < 4.78 is 19.0. The molecule has 8 heteroatoms. The first-order valence-corrected chi connectivity index (χ1v) is 9.93. The molecule has 0 bridgehead atoms. The van der Waals surface area contributed by atoms with Crippen molar-refractivity contribution < 1.29 is 23.5 Å². The Balaban J connectivity index is 1.59. The number of amides is 4. The molecule has 1 N–H and O–H groups in total. The summed E-state index contributed by atoms with van der Waals surface area (Å²) in [4.78, 5) is 38.5. The first-order valence-electron chi connectivity index (χ1n) is 9.55. The zero-order valence-corrected chi connectivity index (χ0v) is 17.3. The molecular weight excluding hydrogens is 435 g/mol. The molecule has 1 aliphatic heterocycles. The number of benzene rings is 3. The molecule has 32 heavy (non-hydrogen) atoms. The van der Waals surface area contributed by atoms with Gasteiger partial charge in [0.1, 0.15) is 23.7 Å². The van der Waals surface area contributed by atoms with Crippen molar-refractivity contribution in [3.8, 4) is 5.75 Å². The highest BCUT2D eigenvalue weighted by atomic mass is 35.5. The maximum atomic E-state index is 13.3. The number of hydrogen-bond donors (Lipinski definition) is 1. The van der Waals surface area contributed by atoms with Crippen LogP contribution in [0.5, 0.6) is 5.75 Å². The van der Waals surface area contributed by atoms with Crippen LogP contribution in [0.1, 0.15) is 11.1 Å². The number of barbiturate groups is 1. The van der Waals surface area contributed by atoms with E-state index in [1.807, 2.05) is 0 Å². The zero-order chi connectivity index (χ0) is 22.7. The van der Waals surface area contributed by atoms with E-state index in [1.54, 1.807) is 48.5 Å². The quantitative estimate of drug-likeness (QED) is 0.450. The van der Waals surface area contributed by atoms with E-state index in [0.717, 1.165) is 4.90 Å². The highest BCUT2D eigenvalue weighted by Crippen LogP contribution is 2.29. The number of halogens is 2. The highest BCUT2D eigenvalue weighted by Gasteiger charge is 2.37. The zero-order valence-electron chi connectivity index (χ0n) is 16.5. The summed E-state index contributed by atoms with van der Waals surface area (Å²) in [7, 11) is 0. The number of hydrogen-bond acceptors (Lipinski definition) is 4. The Bertz CT molecular complexity index is 1260. The van der Waals surface area contributed by atoms with Crippen LogP contribution in [0, 0.1) is 5.82 Å². The monoisotopic (exact) mass is 450 g/mol. The SMILES string of the molecule is O=C1NC(=O)N(c2ccccc2Cl)C(=O)/C1=C\c1cccc(OCc2cccc(F)c2)c1. The van der Waals surface area contributed by atoms with Gasteiger partial charge < -0.3 is 4.74 Å². The molecule has 0 radical (unpaired) electrons. The van der Waals surface area contributed by atoms with Crippen LogP contribution in [0.3, 0.4) is 0 Å². The summed E-state index contributed by atoms with van der Waals surface area (Å²) in [5.74, 6) is -1.50. The Hall–Kier alpha value is -3.97. The van der Waals surface area contributed by atoms with Crippen LogP contribution in [0.15, 0.2) is 78.4 Å². The van der Waals surface area contributed by atoms with Crippen molar-refractivity contribution in [1.82, 2.24) is 5.32 Å². The first kappa shape index (κ1) is 21.3. The number of carbonyl (C=O) groups excluding carboxylic acids is 3. The Morgan fingerprint density at radius 2 is 1.75 bits per heavy atom. The van der Waals surface area contributed by atoms with Gasteiger partial charge in [-0.1, -0.05) is 48.0 Å². The molecule has 0 aliphatic carbocycles. The van der Waals surface area contributed by atoms with E-state index in [2.05, 4.69) is 5.32 Å². The van der Waals surface area contributed by atoms with Crippen LogP contribution >= 0.6 is 11.6 Å². The van der Waals surface area contributed by atoms with Gasteiger partial charge in [0, 0.05) is 0 Å². The van der Waals surface area contributed by atoms with Gasteiger partial charge in [-0.25, -0.2) is 14.1 Å². The molecular formula is C24H16ClFN2O4. The lowest BCUT2D eigenvalue weighted by molar-refractivity contribution is -0.122. The topological polar surface area (TPSA) is 75.7 Å². The second-order valence-electron chi connectivity index (χ2n) is 6.90. The fourth-order valence-electron chi connectivity index (χ4n) is 3.16. The molecule has 1 fully saturated rings. The molecule has 0 spiro atoms. The standard InChI is InChI=1S/C24H16ClFN2O4/c25-20-9-1-2-10-21(20)28-23(30)19(22(29)27-24(28)31)13-15-5-4-8-18(12-15)32-14-16-6-3-7-17(26)11-16/h1-13H,14H2,(H,27,29,31)/b19-13-. The van der Waals surface area contributed by atoms with Gasteiger partial charge in [-0.05, 0) is 53.6 Å². The number of nitrogens with zero attached hydrogens (tertiary/aromatic N) is 1. The van der Waals surface area contributed by atoms with Crippen molar-refractivity contribution >= 4 is 41.2 Å². The Morgan fingerprint density at radius 3 is 2.53 bits per heavy atom. The molecule has 6 nitrogen and oxygen atoms in total. The average Bonchev–Trinajstić information content (AvgIpc) is 2.77. The van der Waals surface area contributed by atoms with Gasteiger partial charge in [0.15, 0.2) is 0 Å². The number of rotatable bonds is 5. The number of urea groups is 1. The van der Waals surface area contributed by atoms with Crippen molar-refractivity contribution in [1.29, 1.82) is 0 Å². The minimum atomic E-state index is -0.877. The number of anilines is 1. The highest BCUT2D eigenvalue weighted by molar-refractivity contribution is 6.42. The summed E-state index contributed by atoms with van der Waals surface area (Å²) in [5.41, 5.74) is 1.10. The van der Waals surface area contributed by atoms with E-state index < -0.39 is 17.8 Å². The van der Waals surface area contributed by atoms with Crippen molar-refractivity contribution in [2.45, 2.75) is 6.61 Å². The van der Waals surface area contributed by atoms with Gasteiger partial charge in [0.25, 0.3) is 11.8 Å². The van der Waals surface area contributed by atoms with Crippen molar-refractivity contribution in [3.63, 3.8) is 0 Å². The molecule has 4 amide bonds. The number of ether oxygens (including phenoxy) is 1. The summed E-state index contributed by atoms with van der Waals surface area (Å²) >= 11 is 6.13. The second kappa shape index (κ2) is 9.03. The molecule has 3 aromatic carbocycles. The molecule has 1 heterocycles. The number of imide groups is 2. The first-order chi connectivity index (χ1) is 15.4. The van der Waals surface area contributed by atoms with Crippen molar-refractivity contribution in [3.05, 3.63) is 100 Å². The van der Waals surface area contributed by atoms with Crippen LogP contribution in [-0.2, 0) is 16.2 Å². The minimum Gasteiger partial charge on any atom is -0.489 e. The lowest BCUT2D eigenvalue weighted by Gasteiger charge is -2.27. The largest absolute Gasteiger partial charge is 0.489 e. The average molecular weight is 451 g/mol. The van der Waals surface area contributed by atoms with E-state index in [9.17, 15) is 18.8 Å². The van der Waals surface area contributed by atoms with E-state index in [-0.39, 0.29) is 28.7 Å². The third-order valence-electron chi connectivity index (χ3n) is 4.66. The maximum Gasteiger partial charge on any atom is 0.335 e. The van der Waals surface area contributed by atoms with Crippen LogP contribution in [0.2, 0.25) is 5.02 Å². The molecule has 4 rings (SSSR count). The summed E-state index contributed by atoms with van der Waals surface area (Å²) in [5, 5.41) is 2.35. The second-order valence-corrected chi connectivity index (χ2v) is 7.31. The number of carbonyl (C=O) groups is 3. The van der Waals surface area contributed by atoms with Crippen molar-refractivity contribution in [2.75, 3.05) is 4.90 Å². The molecule has 0 saturated carbocycles. The lowest BCUT2D eigenvalue weighted by atomic mass is 10.1. The Labute approximate surface area is 187 Å². The van der Waals surface area contributed by atoms with Crippen molar-refractivity contribution in [2.24, 2.45) is 0 Å². The lowest BCUT2D eigenvalue weighted by Crippen LogP contribution is -2.54. The van der Waals surface area contributed by atoms with Crippen LogP contribution in [0.25, 0.3) is 6.08 Å². The molecule has 0 unspecified atom stereocenters. The van der Waals surface area contributed by atoms with Gasteiger partial charge >= 0.3 is 6.03 Å². The smallest absolute Gasteiger partial charge is 0.335 e. The Morgan fingerprint density at radius 1 is 0.969 bits per heavy atom. The van der Waals surface area contributed by atoms with Gasteiger partial charge in [-0.15, -0.1) is 0 Å². The van der Waals surface area contributed by atoms with Gasteiger partial charge in [-0.2, -0.15) is 0 Å². The summed E-state index contributed by atoms with van der Waals surface area (Å²) in [6, 6.07) is 18.2. The Kier molecular flexibility index (Phi) is 6.00. The third kappa shape index (κ3) is 4.53. The van der Waals surface area contributed by atoms with E-state index in [0.29, 0.717) is 16.9 Å². The molecule has 1 saturated heterocycles. The molecule has 0 aromatic heterocycles. The molecule has 3 aromatic rings. The third-order valence-corrected chi connectivity index (χ3v) is 4.98. The van der Waals surface area contributed by atoms with E-state index >= 15 is 0 Å². The predicted octanol–water partition coefficient (Wildman–Crippen LogP) is 4.72. The summed E-state index contributed by atoms with van der Waals surface area (Å²) in [6.07, 6.45) is 1.36. The van der Waals surface area contributed by atoms with E-state index in [1.165, 1.54) is 30.3 Å². The van der Waals surface area contributed by atoms with Gasteiger partial charge in [0.05, 0.1) is 10.7 Å². The predicted molar refractivity (Wildman–Crippen MR) is 118 cm³/mol. The minimum absolute atomic E-state index is 0.145. The van der Waals surface area contributed by atoms with Crippen LogP contribution in [-0.4, -0.2) is 17.8 Å².